The fraction of sp³-hybridized carbons (Fsp3) is 0.0833. The van der Waals surface area contributed by atoms with Crippen molar-refractivity contribution in [2.45, 2.75) is 6.92 Å². The third kappa shape index (κ3) is 1.56. The molecule has 0 radical (unpaired) electrons. The van der Waals surface area contributed by atoms with Crippen LogP contribution in [0.25, 0.3) is 17.0 Å². The minimum absolute atomic E-state index is 0.428. The Morgan fingerprint density at radius 3 is 2.59 bits per heavy atom. The van der Waals surface area contributed by atoms with Crippen LogP contribution in [0.1, 0.15) is 5.82 Å². The number of imidazole rings is 1. The summed E-state index contributed by atoms with van der Waals surface area (Å²) in [4.78, 5) is 12.3. The van der Waals surface area contributed by atoms with Gasteiger partial charge in [-0.15, -0.1) is 0 Å². The third-order valence-corrected chi connectivity index (χ3v) is 2.54. The quantitative estimate of drug-likeness (QED) is 0.641. The monoisotopic (exact) mass is 228 g/mol. The molecule has 0 amide bonds. The molecule has 0 fully saturated rings. The number of nitrogens with zero attached hydrogens (tertiary/aromatic N) is 4. The molecule has 0 aliphatic rings. The first-order valence-corrected chi connectivity index (χ1v) is 5.18. The Bertz CT molecular complexity index is 673. The van der Waals surface area contributed by atoms with Gasteiger partial charge in [-0.05, 0) is 19.1 Å². The molecule has 5 heteroatoms. The number of para-hydroxylation sites is 2. The Morgan fingerprint density at radius 1 is 1.12 bits per heavy atom. The van der Waals surface area contributed by atoms with E-state index in [1.165, 1.54) is 0 Å². The number of fused-ring (bicyclic) bond motifs is 1. The van der Waals surface area contributed by atoms with Crippen molar-refractivity contribution in [2.75, 3.05) is 0 Å². The average molecular weight is 228 g/mol. The number of aromatic nitrogens is 4. The van der Waals surface area contributed by atoms with Gasteiger partial charge in [0.25, 0.3) is 0 Å². The van der Waals surface area contributed by atoms with Crippen LogP contribution in [0, 0.1) is 12.7 Å². The van der Waals surface area contributed by atoms with Crippen LogP contribution in [0.3, 0.4) is 0 Å². The second-order valence-electron chi connectivity index (χ2n) is 3.68. The summed E-state index contributed by atoms with van der Waals surface area (Å²) in [5.41, 5.74) is 1.79. The van der Waals surface area contributed by atoms with Gasteiger partial charge >= 0.3 is 0 Å². The summed E-state index contributed by atoms with van der Waals surface area (Å²) in [6.45, 7) is 1.87. The maximum atomic E-state index is 12.8. The maximum Gasteiger partial charge on any atom is 0.235 e. The van der Waals surface area contributed by atoms with Crippen molar-refractivity contribution >= 4 is 11.0 Å². The van der Waals surface area contributed by atoms with Crippen molar-refractivity contribution < 1.29 is 4.39 Å². The third-order valence-electron chi connectivity index (χ3n) is 2.54. The lowest BCUT2D eigenvalue weighted by atomic mass is 10.3. The van der Waals surface area contributed by atoms with E-state index < -0.39 is 5.82 Å². The Morgan fingerprint density at radius 2 is 1.82 bits per heavy atom. The molecule has 3 aromatic rings. The van der Waals surface area contributed by atoms with E-state index in [4.69, 9.17) is 0 Å². The summed E-state index contributed by atoms with van der Waals surface area (Å²) >= 11 is 0. The zero-order chi connectivity index (χ0) is 11.8. The standard InChI is InChI=1S/C12H9FN4/c1-8-16-10-4-2-3-5-11(10)17(8)12-14-6-9(13)7-15-12/h2-7H,1H3. The van der Waals surface area contributed by atoms with Gasteiger partial charge in [0.2, 0.25) is 5.95 Å². The van der Waals surface area contributed by atoms with Crippen molar-refractivity contribution in [3.63, 3.8) is 0 Å². The molecule has 0 aliphatic heterocycles. The van der Waals surface area contributed by atoms with E-state index in [1.807, 2.05) is 31.2 Å². The molecule has 0 aliphatic carbocycles. The van der Waals surface area contributed by atoms with Gasteiger partial charge in [0.1, 0.15) is 5.82 Å². The molecule has 0 unspecified atom stereocenters. The van der Waals surface area contributed by atoms with E-state index in [2.05, 4.69) is 15.0 Å². The van der Waals surface area contributed by atoms with Crippen LogP contribution in [0.15, 0.2) is 36.7 Å². The molecule has 0 atom stereocenters. The molecule has 84 valence electrons. The summed E-state index contributed by atoms with van der Waals surface area (Å²) in [7, 11) is 0. The second kappa shape index (κ2) is 3.62. The highest BCUT2D eigenvalue weighted by molar-refractivity contribution is 5.77. The van der Waals surface area contributed by atoms with Gasteiger partial charge in [0.15, 0.2) is 5.82 Å². The molecule has 3 rings (SSSR count). The van der Waals surface area contributed by atoms with Crippen molar-refractivity contribution in [3.8, 4) is 5.95 Å². The lowest BCUT2D eigenvalue weighted by Gasteiger charge is -2.03. The molecule has 0 N–H and O–H groups in total. The molecular formula is C12H9FN4. The zero-order valence-corrected chi connectivity index (χ0v) is 9.13. The van der Waals surface area contributed by atoms with E-state index >= 15 is 0 Å². The molecule has 17 heavy (non-hydrogen) atoms. The van der Waals surface area contributed by atoms with E-state index in [9.17, 15) is 4.39 Å². The minimum atomic E-state index is -0.448. The Kier molecular flexibility index (Phi) is 2.11. The largest absolute Gasteiger partial charge is 0.264 e. The zero-order valence-electron chi connectivity index (χ0n) is 9.13. The van der Waals surface area contributed by atoms with E-state index in [1.54, 1.807) is 4.57 Å². The molecule has 0 saturated carbocycles. The lowest BCUT2D eigenvalue weighted by molar-refractivity contribution is 0.611. The van der Waals surface area contributed by atoms with Crippen LogP contribution in [-0.4, -0.2) is 19.5 Å². The van der Waals surface area contributed by atoms with Gasteiger partial charge in [-0.1, -0.05) is 12.1 Å². The normalized spacial score (nSPS) is 10.9. The second-order valence-corrected chi connectivity index (χ2v) is 3.68. The van der Waals surface area contributed by atoms with Crippen molar-refractivity contribution in [3.05, 3.63) is 48.3 Å². The van der Waals surface area contributed by atoms with Crippen LogP contribution >= 0.6 is 0 Å². The molecule has 4 nitrogen and oxygen atoms in total. The van der Waals surface area contributed by atoms with E-state index in [-0.39, 0.29) is 0 Å². The summed E-state index contributed by atoms with van der Waals surface area (Å²) < 4.78 is 14.6. The average Bonchev–Trinajstić information content (AvgIpc) is 2.66. The maximum absolute atomic E-state index is 12.8. The van der Waals surface area contributed by atoms with Crippen molar-refractivity contribution in [2.24, 2.45) is 0 Å². The first-order valence-electron chi connectivity index (χ1n) is 5.18. The Balaban J connectivity index is 2.29. The highest BCUT2D eigenvalue weighted by Crippen LogP contribution is 2.18. The molecule has 2 aromatic heterocycles. The Hall–Kier alpha value is -2.30. The van der Waals surface area contributed by atoms with Gasteiger partial charge in [0, 0.05) is 0 Å². The van der Waals surface area contributed by atoms with Gasteiger partial charge in [-0.3, -0.25) is 4.57 Å². The van der Waals surface area contributed by atoms with Gasteiger partial charge in [-0.2, -0.15) is 0 Å². The molecule has 0 spiro atoms. The smallest absolute Gasteiger partial charge is 0.235 e. The summed E-state index contributed by atoms with van der Waals surface area (Å²) in [5.74, 6) is 0.756. The highest BCUT2D eigenvalue weighted by atomic mass is 19.1. The molecule has 1 aromatic carbocycles. The molecule has 2 heterocycles. The number of hydrogen-bond donors (Lipinski definition) is 0. The molecular weight excluding hydrogens is 219 g/mol. The van der Waals surface area contributed by atoms with Gasteiger partial charge < -0.3 is 0 Å². The molecule has 0 saturated heterocycles. The topological polar surface area (TPSA) is 43.6 Å². The van der Waals surface area contributed by atoms with Crippen molar-refractivity contribution in [1.82, 2.24) is 19.5 Å². The predicted octanol–water partition coefficient (Wildman–Crippen LogP) is 2.26. The lowest BCUT2D eigenvalue weighted by Crippen LogP contribution is -2.02. The summed E-state index contributed by atoms with van der Waals surface area (Å²) in [5, 5.41) is 0. The van der Waals surface area contributed by atoms with Crippen LogP contribution in [0.5, 0.6) is 0 Å². The predicted molar refractivity (Wildman–Crippen MR) is 61.4 cm³/mol. The Labute approximate surface area is 96.8 Å². The van der Waals surface area contributed by atoms with Gasteiger partial charge in [0.05, 0.1) is 23.4 Å². The number of halogens is 1. The summed E-state index contributed by atoms with van der Waals surface area (Å²) in [6.07, 6.45) is 2.30. The number of rotatable bonds is 1. The number of benzene rings is 1. The van der Waals surface area contributed by atoms with Crippen LogP contribution < -0.4 is 0 Å². The van der Waals surface area contributed by atoms with Gasteiger partial charge in [-0.25, -0.2) is 19.3 Å². The first-order chi connectivity index (χ1) is 8.25. The summed E-state index contributed by atoms with van der Waals surface area (Å²) in [6, 6.07) is 7.69. The van der Waals surface area contributed by atoms with Crippen LogP contribution in [0.2, 0.25) is 0 Å². The van der Waals surface area contributed by atoms with Crippen LogP contribution in [0.4, 0.5) is 4.39 Å². The number of aryl methyl sites for hydroxylation is 1. The first kappa shape index (κ1) is 9.89. The number of hydrogen-bond acceptors (Lipinski definition) is 3. The van der Waals surface area contributed by atoms with E-state index in [0.29, 0.717) is 5.95 Å². The van der Waals surface area contributed by atoms with Crippen LogP contribution in [-0.2, 0) is 0 Å². The SMILES string of the molecule is Cc1nc2ccccc2n1-c1ncc(F)cn1. The highest BCUT2D eigenvalue weighted by Gasteiger charge is 2.10. The molecule has 0 bridgehead atoms. The van der Waals surface area contributed by atoms with Crippen molar-refractivity contribution in [1.29, 1.82) is 0 Å². The van der Waals surface area contributed by atoms with E-state index in [0.717, 1.165) is 29.3 Å². The fourth-order valence-electron chi connectivity index (χ4n) is 1.82. The fourth-order valence-corrected chi connectivity index (χ4v) is 1.82. The minimum Gasteiger partial charge on any atom is -0.264 e.